The fraction of sp³-hybridized carbons (Fsp3) is 0.400. The lowest BCUT2D eigenvalue weighted by molar-refractivity contribution is -0.144. The minimum absolute atomic E-state index is 0.0193. The Hall–Kier alpha value is -2.23. The molecule has 0 saturated heterocycles. The summed E-state index contributed by atoms with van der Waals surface area (Å²) in [5.41, 5.74) is 3.09. The molecule has 24 heavy (non-hydrogen) atoms. The summed E-state index contributed by atoms with van der Waals surface area (Å²) in [5.74, 6) is -0.102. The maximum absolute atomic E-state index is 13.6. The van der Waals surface area contributed by atoms with Gasteiger partial charge in [0.15, 0.2) is 0 Å². The average molecular weight is 325 g/mol. The minimum atomic E-state index is -0.269. The number of hydrogen-bond donors (Lipinski definition) is 0. The van der Waals surface area contributed by atoms with Crippen LogP contribution >= 0.6 is 0 Å². The fourth-order valence-corrected chi connectivity index (χ4v) is 3.66. The Morgan fingerprint density at radius 1 is 1.21 bits per heavy atom. The predicted molar refractivity (Wildman–Crippen MR) is 88.2 cm³/mol. The Labute approximate surface area is 140 Å². The van der Waals surface area contributed by atoms with Crippen LogP contribution in [0.15, 0.2) is 42.6 Å². The van der Waals surface area contributed by atoms with Crippen LogP contribution in [-0.2, 0) is 9.53 Å². The van der Waals surface area contributed by atoms with Gasteiger partial charge >= 0.3 is 5.97 Å². The number of carbonyl (C=O) groups excluding carboxylic acids is 1. The minimum Gasteiger partial charge on any atom is -0.466 e. The number of halogens is 1. The normalized spacial score (nSPS) is 25.3. The summed E-state index contributed by atoms with van der Waals surface area (Å²) in [5, 5.41) is 0. The third-order valence-corrected chi connectivity index (χ3v) is 5.00. The Kier molecular flexibility index (Phi) is 3.83. The first-order valence-corrected chi connectivity index (χ1v) is 8.57. The molecule has 4 heteroatoms. The highest BCUT2D eigenvalue weighted by molar-refractivity contribution is 5.80. The smallest absolute Gasteiger partial charge is 0.310 e. The highest BCUT2D eigenvalue weighted by atomic mass is 19.1. The van der Waals surface area contributed by atoms with Gasteiger partial charge in [0.2, 0.25) is 0 Å². The zero-order valence-corrected chi connectivity index (χ0v) is 13.6. The number of rotatable bonds is 5. The standard InChI is InChI=1S/C20H20FNO2/c1-2-24-20(23)19-17(13-4-3-5-15(21)10-13)18(19)14-8-9-22-16(11-14)12-6-7-12/h3-5,8-12,17-19H,2,6-7H2,1H3. The van der Waals surface area contributed by atoms with Crippen LogP contribution in [0, 0.1) is 11.7 Å². The third kappa shape index (κ3) is 2.81. The van der Waals surface area contributed by atoms with Crippen LogP contribution in [0.3, 0.4) is 0 Å². The van der Waals surface area contributed by atoms with Gasteiger partial charge in [0.05, 0.1) is 12.5 Å². The van der Waals surface area contributed by atoms with E-state index in [0.29, 0.717) is 12.5 Å². The van der Waals surface area contributed by atoms with Crippen molar-refractivity contribution in [3.05, 3.63) is 65.2 Å². The Balaban J connectivity index is 1.66. The second-order valence-corrected chi connectivity index (χ2v) is 6.67. The van der Waals surface area contributed by atoms with E-state index in [1.165, 1.54) is 25.0 Å². The second kappa shape index (κ2) is 6.00. The van der Waals surface area contributed by atoms with Crippen LogP contribution < -0.4 is 0 Å². The number of pyridine rings is 1. The molecule has 0 radical (unpaired) electrons. The molecule has 1 aromatic heterocycles. The average Bonchev–Trinajstić information content (AvgIpc) is 3.48. The molecule has 0 amide bonds. The molecule has 2 aliphatic carbocycles. The molecule has 1 aromatic carbocycles. The molecule has 2 saturated carbocycles. The first-order valence-electron chi connectivity index (χ1n) is 8.57. The van der Waals surface area contributed by atoms with E-state index in [9.17, 15) is 9.18 Å². The van der Waals surface area contributed by atoms with Crippen molar-refractivity contribution < 1.29 is 13.9 Å². The number of nitrogens with zero attached hydrogens (tertiary/aromatic N) is 1. The molecule has 3 nitrogen and oxygen atoms in total. The molecule has 3 atom stereocenters. The summed E-state index contributed by atoms with van der Waals surface area (Å²) in [7, 11) is 0. The van der Waals surface area contributed by atoms with Gasteiger partial charge in [-0.25, -0.2) is 4.39 Å². The van der Waals surface area contributed by atoms with Crippen LogP contribution in [0.1, 0.15) is 54.3 Å². The van der Waals surface area contributed by atoms with Gasteiger partial charge in [0.25, 0.3) is 0 Å². The lowest BCUT2D eigenvalue weighted by Gasteiger charge is -2.04. The molecule has 2 aliphatic rings. The van der Waals surface area contributed by atoms with Gasteiger partial charge in [-0.15, -0.1) is 0 Å². The Morgan fingerprint density at radius 3 is 2.62 bits per heavy atom. The fourth-order valence-electron chi connectivity index (χ4n) is 3.66. The van der Waals surface area contributed by atoms with Crippen LogP contribution in [-0.4, -0.2) is 17.6 Å². The molecule has 0 spiro atoms. The monoisotopic (exact) mass is 325 g/mol. The molecule has 124 valence electrons. The lowest BCUT2D eigenvalue weighted by atomic mass is 10.0. The zero-order chi connectivity index (χ0) is 16.7. The van der Waals surface area contributed by atoms with E-state index in [-0.39, 0.29) is 29.5 Å². The summed E-state index contributed by atoms with van der Waals surface area (Å²) in [6.07, 6.45) is 4.21. The number of ether oxygens (including phenoxy) is 1. The van der Waals surface area contributed by atoms with Crippen LogP contribution in [0.4, 0.5) is 4.39 Å². The molecule has 3 unspecified atom stereocenters. The first-order chi connectivity index (χ1) is 11.7. The number of hydrogen-bond acceptors (Lipinski definition) is 3. The van der Waals surface area contributed by atoms with Gasteiger partial charge in [0, 0.05) is 29.6 Å². The molecule has 1 heterocycles. The summed E-state index contributed by atoms with van der Waals surface area (Å²) >= 11 is 0. The van der Waals surface area contributed by atoms with E-state index in [1.54, 1.807) is 6.07 Å². The van der Waals surface area contributed by atoms with Crippen molar-refractivity contribution in [1.82, 2.24) is 4.98 Å². The number of aromatic nitrogens is 1. The summed E-state index contributed by atoms with van der Waals surface area (Å²) in [6, 6.07) is 10.6. The van der Waals surface area contributed by atoms with Gasteiger partial charge in [-0.1, -0.05) is 12.1 Å². The van der Waals surface area contributed by atoms with E-state index < -0.39 is 0 Å². The topological polar surface area (TPSA) is 39.2 Å². The third-order valence-electron chi connectivity index (χ3n) is 5.00. The van der Waals surface area contributed by atoms with E-state index in [1.807, 2.05) is 25.3 Å². The Morgan fingerprint density at radius 2 is 1.96 bits per heavy atom. The number of carbonyl (C=O) groups is 1. The van der Waals surface area contributed by atoms with Crippen molar-refractivity contribution in [2.75, 3.05) is 6.61 Å². The van der Waals surface area contributed by atoms with E-state index >= 15 is 0 Å². The molecule has 2 fully saturated rings. The van der Waals surface area contributed by atoms with Gasteiger partial charge in [-0.2, -0.15) is 0 Å². The molecule has 2 aromatic rings. The maximum atomic E-state index is 13.6. The summed E-state index contributed by atoms with van der Waals surface area (Å²) in [6.45, 7) is 2.17. The predicted octanol–water partition coefficient (Wildman–Crippen LogP) is 4.16. The van der Waals surface area contributed by atoms with Crippen LogP contribution in [0.5, 0.6) is 0 Å². The first kappa shape index (κ1) is 15.3. The van der Waals surface area contributed by atoms with E-state index in [2.05, 4.69) is 11.1 Å². The highest BCUT2D eigenvalue weighted by Crippen LogP contribution is 2.61. The molecule has 0 aliphatic heterocycles. The number of esters is 1. The van der Waals surface area contributed by atoms with Crippen molar-refractivity contribution in [2.45, 2.75) is 37.5 Å². The van der Waals surface area contributed by atoms with Crippen molar-refractivity contribution in [3.63, 3.8) is 0 Å². The molecule has 4 rings (SSSR count). The lowest BCUT2D eigenvalue weighted by Crippen LogP contribution is -2.08. The molecule has 0 bridgehead atoms. The highest BCUT2D eigenvalue weighted by Gasteiger charge is 2.57. The number of benzene rings is 1. The second-order valence-electron chi connectivity index (χ2n) is 6.67. The largest absolute Gasteiger partial charge is 0.466 e. The van der Waals surface area contributed by atoms with Crippen molar-refractivity contribution in [1.29, 1.82) is 0 Å². The van der Waals surface area contributed by atoms with Gasteiger partial charge in [-0.3, -0.25) is 9.78 Å². The quantitative estimate of drug-likeness (QED) is 0.775. The van der Waals surface area contributed by atoms with Crippen LogP contribution in [0.25, 0.3) is 0 Å². The molecular weight excluding hydrogens is 305 g/mol. The summed E-state index contributed by atoms with van der Waals surface area (Å²) < 4.78 is 18.9. The maximum Gasteiger partial charge on any atom is 0.310 e. The van der Waals surface area contributed by atoms with Gasteiger partial charge in [-0.05, 0) is 55.2 Å². The van der Waals surface area contributed by atoms with Crippen molar-refractivity contribution in [2.24, 2.45) is 5.92 Å². The SMILES string of the molecule is CCOC(=O)C1C(c2cccc(F)c2)C1c1ccnc(C2CC2)c1. The van der Waals surface area contributed by atoms with Crippen LogP contribution in [0.2, 0.25) is 0 Å². The molecular formula is C20H20FNO2. The van der Waals surface area contributed by atoms with E-state index in [4.69, 9.17) is 4.74 Å². The van der Waals surface area contributed by atoms with Gasteiger partial charge in [0.1, 0.15) is 5.82 Å². The van der Waals surface area contributed by atoms with E-state index in [0.717, 1.165) is 16.8 Å². The zero-order valence-electron chi connectivity index (χ0n) is 13.6. The van der Waals surface area contributed by atoms with Gasteiger partial charge < -0.3 is 4.74 Å². The summed E-state index contributed by atoms with van der Waals surface area (Å²) in [4.78, 5) is 16.8. The van der Waals surface area contributed by atoms with Crippen molar-refractivity contribution >= 4 is 5.97 Å². The molecule has 0 N–H and O–H groups in total. The van der Waals surface area contributed by atoms with Crippen molar-refractivity contribution in [3.8, 4) is 0 Å². The Bertz CT molecular complexity index is 772.